The summed E-state index contributed by atoms with van der Waals surface area (Å²) in [5.74, 6) is -0.621. The van der Waals surface area contributed by atoms with Crippen molar-refractivity contribution < 1.29 is 13.2 Å². The Morgan fingerprint density at radius 1 is 1.00 bits per heavy atom. The van der Waals surface area contributed by atoms with Crippen LogP contribution in [0.5, 0.6) is 0 Å². The molecule has 11 heteroatoms. The van der Waals surface area contributed by atoms with Crippen LogP contribution in [-0.2, 0) is 34.7 Å². The molecular weight excluding hydrogens is 487 g/mol. The molecule has 0 radical (unpaired) electrons. The average Bonchev–Trinajstić information content (AvgIpc) is 3.00. The van der Waals surface area contributed by atoms with Crippen LogP contribution in [0.15, 0.2) is 41.2 Å². The van der Waals surface area contributed by atoms with Crippen molar-refractivity contribution in [3.63, 3.8) is 0 Å². The number of amides is 1. The molecule has 1 fully saturated rings. The quantitative estimate of drug-likeness (QED) is 0.569. The van der Waals surface area contributed by atoms with Gasteiger partial charge in [0.05, 0.1) is 26.8 Å². The van der Waals surface area contributed by atoms with Gasteiger partial charge in [0.2, 0.25) is 15.9 Å². The fourth-order valence-electron chi connectivity index (χ4n) is 4.16. The van der Waals surface area contributed by atoms with E-state index in [1.807, 2.05) is 0 Å². The number of hydrogen-bond donors (Lipinski definition) is 1. The summed E-state index contributed by atoms with van der Waals surface area (Å²) in [6, 6.07) is 10.1. The number of rotatable bonds is 5. The predicted molar refractivity (Wildman–Crippen MR) is 130 cm³/mol. The molecule has 2 aromatic carbocycles. The van der Waals surface area contributed by atoms with Crippen molar-refractivity contribution >= 4 is 55.9 Å². The Labute approximate surface area is 201 Å². The maximum Gasteiger partial charge on any atom is 0.328 e. The van der Waals surface area contributed by atoms with E-state index in [2.05, 4.69) is 5.32 Å². The molecule has 0 bridgehead atoms. The van der Waals surface area contributed by atoms with Gasteiger partial charge in [0.15, 0.2) is 0 Å². The van der Waals surface area contributed by atoms with E-state index in [0.717, 1.165) is 11.0 Å². The molecular formula is C22H24Cl2N4O4S. The summed E-state index contributed by atoms with van der Waals surface area (Å²) in [6.07, 6.45) is 0.858. The van der Waals surface area contributed by atoms with Gasteiger partial charge in [0.1, 0.15) is 0 Å². The first kappa shape index (κ1) is 23.8. The molecule has 1 aliphatic heterocycles. The van der Waals surface area contributed by atoms with Gasteiger partial charge in [0, 0.05) is 38.8 Å². The fraction of sp³-hybridized carbons (Fsp3) is 0.364. The van der Waals surface area contributed by atoms with Crippen molar-refractivity contribution in [3.05, 3.63) is 62.5 Å². The van der Waals surface area contributed by atoms with Gasteiger partial charge in [-0.3, -0.25) is 13.9 Å². The lowest BCUT2D eigenvalue weighted by Crippen LogP contribution is -2.41. The van der Waals surface area contributed by atoms with E-state index in [1.54, 1.807) is 55.1 Å². The maximum absolute atomic E-state index is 12.8. The number of carbonyl (C=O) groups is 1. The third-order valence-electron chi connectivity index (χ3n) is 6.09. The van der Waals surface area contributed by atoms with Crippen LogP contribution in [-0.4, -0.2) is 40.9 Å². The van der Waals surface area contributed by atoms with Crippen molar-refractivity contribution in [2.24, 2.45) is 20.0 Å². The normalized spacial score (nSPS) is 15.8. The van der Waals surface area contributed by atoms with Gasteiger partial charge in [-0.15, -0.1) is 0 Å². The van der Waals surface area contributed by atoms with Crippen molar-refractivity contribution in [3.8, 4) is 0 Å². The zero-order chi connectivity index (χ0) is 23.9. The Kier molecular flexibility index (Phi) is 6.59. The van der Waals surface area contributed by atoms with Gasteiger partial charge >= 0.3 is 5.69 Å². The van der Waals surface area contributed by atoms with E-state index >= 15 is 0 Å². The predicted octanol–water partition coefficient (Wildman–Crippen LogP) is 3.36. The third-order valence-corrected chi connectivity index (χ3v) is 8.68. The van der Waals surface area contributed by atoms with Crippen LogP contribution < -0.4 is 11.0 Å². The van der Waals surface area contributed by atoms with Gasteiger partial charge in [-0.25, -0.2) is 17.5 Å². The minimum absolute atomic E-state index is 0.136. The molecule has 1 saturated heterocycles. The second-order valence-electron chi connectivity index (χ2n) is 8.27. The summed E-state index contributed by atoms with van der Waals surface area (Å²) in [6.45, 7) is 0.544. The molecule has 0 saturated carbocycles. The summed E-state index contributed by atoms with van der Waals surface area (Å²) >= 11 is 11.9. The minimum atomic E-state index is -3.54. The highest BCUT2D eigenvalue weighted by Crippen LogP contribution is 2.27. The highest BCUT2D eigenvalue weighted by Gasteiger charge is 2.31. The molecule has 0 aliphatic carbocycles. The van der Waals surface area contributed by atoms with Gasteiger partial charge in [-0.2, -0.15) is 0 Å². The number of carbonyl (C=O) groups excluding carboxylic acids is 1. The van der Waals surface area contributed by atoms with E-state index < -0.39 is 10.0 Å². The standard InChI is InChI=1S/C22H24Cl2N4O4S/c1-26-19-6-4-16(12-20(19)27(2)22(26)30)25-21(29)15-7-9-28(10-8-15)33(31,32)13-14-3-5-17(23)18(24)11-14/h3-6,11-12,15H,7-10,13H2,1-2H3,(H,25,29). The summed E-state index contributed by atoms with van der Waals surface area (Å²) < 4.78 is 30.2. The van der Waals surface area contributed by atoms with Gasteiger partial charge in [0.25, 0.3) is 0 Å². The Morgan fingerprint density at radius 2 is 1.67 bits per heavy atom. The van der Waals surface area contributed by atoms with Gasteiger partial charge < -0.3 is 5.32 Å². The van der Waals surface area contributed by atoms with Crippen LogP contribution in [0.25, 0.3) is 11.0 Å². The summed E-state index contributed by atoms with van der Waals surface area (Å²) in [7, 11) is -0.154. The highest BCUT2D eigenvalue weighted by atomic mass is 35.5. The number of nitrogens with zero attached hydrogens (tertiary/aromatic N) is 3. The van der Waals surface area contributed by atoms with Crippen LogP contribution in [0.2, 0.25) is 10.0 Å². The largest absolute Gasteiger partial charge is 0.328 e. The topological polar surface area (TPSA) is 93.4 Å². The van der Waals surface area contributed by atoms with Gasteiger partial charge in [-0.05, 0) is 48.7 Å². The number of sulfonamides is 1. The van der Waals surface area contributed by atoms with E-state index in [0.29, 0.717) is 34.1 Å². The molecule has 1 aliphatic rings. The van der Waals surface area contributed by atoms with E-state index in [-0.39, 0.29) is 36.4 Å². The SMILES string of the molecule is Cn1c(=O)n(C)c2cc(NC(=O)C3CCN(S(=O)(=O)Cc4ccc(Cl)c(Cl)c4)CC3)ccc21. The van der Waals surface area contributed by atoms with Crippen LogP contribution >= 0.6 is 23.2 Å². The lowest BCUT2D eigenvalue weighted by Gasteiger charge is -2.30. The molecule has 1 amide bonds. The van der Waals surface area contributed by atoms with Crippen molar-refractivity contribution in [1.29, 1.82) is 0 Å². The Bertz CT molecular complexity index is 1390. The van der Waals surface area contributed by atoms with E-state index in [1.165, 1.54) is 8.87 Å². The number of aryl methyl sites for hydroxylation is 2. The Balaban J connectivity index is 1.38. The van der Waals surface area contributed by atoms with E-state index in [9.17, 15) is 18.0 Å². The molecule has 0 atom stereocenters. The number of fused-ring (bicyclic) bond motifs is 1. The van der Waals surface area contributed by atoms with Crippen LogP contribution in [0.1, 0.15) is 18.4 Å². The molecule has 0 spiro atoms. The molecule has 176 valence electrons. The average molecular weight is 511 g/mol. The first-order valence-corrected chi connectivity index (χ1v) is 12.8. The van der Waals surface area contributed by atoms with Crippen molar-refractivity contribution in [1.82, 2.24) is 13.4 Å². The number of nitrogens with one attached hydrogen (secondary N) is 1. The second kappa shape index (κ2) is 9.13. The number of imidazole rings is 1. The molecule has 33 heavy (non-hydrogen) atoms. The number of piperidine rings is 1. The summed E-state index contributed by atoms with van der Waals surface area (Å²) in [4.78, 5) is 24.9. The lowest BCUT2D eigenvalue weighted by molar-refractivity contribution is -0.120. The zero-order valence-electron chi connectivity index (χ0n) is 18.2. The number of hydrogen-bond acceptors (Lipinski definition) is 4. The molecule has 3 aromatic rings. The molecule has 8 nitrogen and oxygen atoms in total. The molecule has 2 heterocycles. The lowest BCUT2D eigenvalue weighted by atomic mass is 9.97. The highest BCUT2D eigenvalue weighted by molar-refractivity contribution is 7.88. The smallest absolute Gasteiger partial charge is 0.326 e. The number of halogens is 2. The van der Waals surface area contributed by atoms with Crippen LogP contribution in [0.4, 0.5) is 5.69 Å². The monoisotopic (exact) mass is 510 g/mol. The maximum atomic E-state index is 12.8. The summed E-state index contributed by atoms with van der Waals surface area (Å²) in [5, 5.41) is 3.59. The van der Waals surface area contributed by atoms with Crippen LogP contribution in [0.3, 0.4) is 0 Å². The van der Waals surface area contributed by atoms with Crippen molar-refractivity contribution in [2.75, 3.05) is 18.4 Å². The molecule has 1 N–H and O–H groups in total. The molecule has 0 unspecified atom stereocenters. The number of anilines is 1. The Hall–Kier alpha value is -2.33. The number of aromatic nitrogens is 2. The van der Waals surface area contributed by atoms with E-state index in [4.69, 9.17) is 23.2 Å². The second-order valence-corrected chi connectivity index (χ2v) is 11.1. The van der Waals surface area contributed by atoms with Crippen molar-refractivity contribution in [2.45, 2.75) is 18.6 Å². The first-order chi connectivity index (χ1) is 15.6. The molecule has 4 rings (SSSR count). The van der Waals surface area contributed by atoms with Gasteiger partial charge in [-0.1, -0.05) is 29.3 Å². The summed E-state index contributed by atoms with van der Waals surface area (Å²) in [5.41, 5.74) is 2.53. The zero-order valence-corrected chi connectivity index (χ0v) is 20.5. The first-order valence-electron chi connectivity index (χ1n) is 10.4. The Morgan fingerprint density at radius 3 is 2.33 bits per heavy atom. The number of benzene rings is 2. The van der Waals surface area contributed by atoms with Crippen LogP contribution in [0, 0.1) is 5.92 Å². The molecule has 1 aromatic heterocycles. The fourth-order valence-corrected chi connectivity index (χ4v) is 6.03. The minimum Gasteiger partial charge on any atom is -0.326 e. The third kappa shape index (κ3) is 4.82.